The zero-order valence-electron chi connectivity index (χ0n) is 18.6. The number of aromatic nitrogens is 2. The summed E-state index contributed by atoms with van der Waals surface area (Å²) in [6, 6.07) is 9.60. The number of hydrogen-bond acceptors (Lipinski definition) is 5. The molecule has 0 bridgehead atoms. The topological polar surface area (TPSA) is 49.3 Å². The van der Waals surface area contributed by atoms with Crippen molar-refractivity contribution in [2.45, 2.75) is 46.0 Å². The standard InChI is InChI=1S/C25H30N4OS/c1-16(2)22-26-23(21-19-10-9-17(3)15-20(19)31-24(21)27-22)28-11-13-29(14-12-28)25(30)18-7-5-4-6-8-18/h4-8,16-17H,9-15H2,1-3H3. The van der Waals surface area contributed by atoms with Crippen LogP contribution >= 0.6 is 11.3 Å². The van der Waals surface area contributed by atoms with Crippen molar-refractivity contribution in [3.63, 3.8) is 0 Å². The predicted octanol–water partition coefficient (Wildman–Crippen LogP) is 4.90. The van der Waals surface area contributed by atoms with Crippen molar-refractivity contribution in [2.24, 2.45) is 5.92 Å². The lowest BCUT2D eigenvalue weighted by atomic mass is 9.89. The largest absolute Gasteiger partial charge is 0.352 e. The summed E-state index contributed by atoms with van der Waals surface area (Å²) in [5.74, 6) is 3.18. The summed E-state index contributed by atoms with van der Waals surface area (Å²) in [6.07, 6.45) is 3.52. The molecule has 6 heteroatoms. The molecule has 1 aliphatic heterocycles. The lowest BCUT2D eigenvalue weighted by molar-refractivity contribution is 0.0746. The van der Waals surface area contributed by atoms with E-state index in [1.807, 2.05) is 46.6 Å². The first-order valence-electron chi connectivity index (χ1n) is 11.4. The maximum Gasteiger partial charge on any atom is 0.253 e. The molecule has 1 aromatic carbocycles. The summed E-state index contributed by atoms with van der Waals surface area (Å²) < 4.78 is 0. The summed E-state index contributed by atoms with van der Waals surface area (Å²) in [4.78, 5) is 29.9. The van der Waals surface area contributed by atoms with Gasteiger partial charge in [0.25, 0.3) is 5.91 Å². The van der Waals surface area contributed by atoms with Crippen LogP contribution in [0.5, 0.6) is 0 Å². The molecule has 3 heterocycles. The Morgan fingerprint density at radius 3 is 2.55 bits per heavy atom. The van der Waals surface area contributed by atoms with Crippen molar-refractivity contribution >= 4 is 33.3 Å². The maximum atomic E-state index is 12.9. The molecule has 1 saturated heterocycles. The first-order chi connectivity index (χ1) is 15.0. The van der Waals surface area contributed by atoms with Crippen molar-refractivity contribution in [1.29, 1.82) is 0 Å². The highest BCUT2D eigenvalue weighted by molar-refractivity contribution is 7.19. The third-order valence-electron chi connectivity index (χ3n) is 6.56. The second-order valence-electron chi connectivity index (χ2n) is 9.24. The summed E-state index contributed by atoms with van der Waals surface area (Å²) in [6.45, 7) is 9.74. The van der Waals surface area contributed by atoms with Gasteiger partial charge in [-0.05, 0) is 42.9 Å². The van der Waals surface area contributed by atoms with Crippen molar-refractivity contribution < 1.29 is 4.79 Å². The predicted molar refractivity (Wildman–Crippen MR) is 127 cm³/mol. The van der Waals surface area contributed by atoms with Crippen LogP contribution in [-0.2, 0) is 12.8 Å². The number of benzene rings is 1. The average Bonchev–Trinajstić information content (AvgIpc) is 3.16. The number of piperazine rings is 1. The molecule has 1 fully saturated rings. The molecule has 162 valence electrons. The molecule has 5 rings (SSSR count). The first kappa shape index (κ1) is 20.4. The van der Waals surface area contributed by atoms with Crippen LogP contribution in [0.1, 0.15) is 59.7 Å². The molecular weight excluding hydrogens is 404 g/mol. The molecule has 1 atom stereocenters. The monoisotopic (exact) mass is 434 g/mol. The van der Waals surface area contributed by atoms with Gasteiger partial charge in [0.05, 0.1) is 5.39 Å². The molecule has 5 nitrogen and oxygen atoms in total. The molecule has 31 heavy (non-hydrogen) atoms. The first-order valence-corrected chi connectivity index (χ1v) is 12.2. The van der Waals surface area contributed by atoms with Gasteiger partial charge in [0.1, 0.15) is 16.5 Å². The number of nitrogens with zero attached hydrogens (tertiary/aromatic N) is 4. The number of amides is 1. The molecule has 0 N–H and O–H groups in total. The highest BCUT2D eigenvalue weighted by Gasteiger charge is 2.29. The van der Waals surface area contributed by atoms with Crippen LogP contribution in [0.25, 0.3) is 10.2 Å². The van der Waals surface area contributed by atoms with Gasteiger partial charge in [-0.3, -0.25) is 4.79 Å². The van der Waals surface area contributed by atoms with Gasteiger partial charge in [-0.15, -0.1) is 11.3 Å². The van der Waals surface area contributed by atoms with Gasteiger partial charge in [0, 0.05) is 42.5 Å². The van der Waals surface area contributed by atoms with Crippen LogP contribution in [0, 0.1) is 5.92 Å². The molecule has 1 amide bonds. The van der Waals surface area contributed by atoms with Crippen LogP contribution in [0.4, 0.5) is 5.82 Å². The van der Waals surface area contributed by atoms with Crippen LogP contribution in [-0.4, -0.2) is 47.0 Å². The van der Waals surface area contributed by atoms with E-state index in [4.69, 9.17) is 9.97 Å². The zero-order valence-corrected chi connectivity index (χ0v) is 19.4. The molecule has 0 radical (unpaired) electrons. The number of hydrogen-bond donors (Lipinski definition) is 0. The Kier molecular flexibility index (Phi) is 5.42. The molecule has 1 aliphatic carbocycles. The number of carbonyl (C=O) groups excluding carboxylic acids is 1. The van der Waals surface area contributed by atoms with E-state index in [9.17, 15) is 4.79 Å². The highest BCUT2D eigenvalue weighted by Crippen LogP contribution is 2.41. The lowest BCUT2D eigenvalue weighted by Crippen LogP contribution is -2.49. The van der Waals surface area contributed by atoms with E-state index in [2.05, 4.69) is 25.7 Å². The van der Waals surface area contributed by atoms with Crippen molar-refractivity contribution in [2.75, 3.05) is 31.1 Å². The number of carbonyl (C=O) groups is 1. The Bertz CT molecular complexity index is 1100. The third kappa shape index (κ3) is 3.82. The molecule has 2 aromatic heterocycles. The van der Waals surface area contributed by atoms with Gasteiger partial charge in [-0.1, -0.05) is 39.0 Å². The van der Waals surface area contributed by atoms with Gasteiger partial charge >= 0.3 is 0 Å². The van der Waals surface area contributed by atoms with E-state index in [1.165, 1.54) is 22.2 Å². The van der Waals surface area contributed by atoms with E-state index in [1.54, 1.807) is 0 Å². The van der Waals surface area contributed by atoms with Crippen molar-refractivity contribution in [3.05, 3.63) is 52.2 Å². The summed E-state index contributed by atoms with van der Waals surface area (Å²) in [5.41, 5.74) is 2.25. The lowest BCUT2D eigenvalue weighted by Gasteiger charge is -2.36. The second kappa shape index (κ2) is 8.23. The number of anilines is 1. The van der Waals surface area contributed by atoms with Gasteiger partial charge in [0.2, 0.25) is 0 Å². The fourth-order valence-corrected chi connectivity index (χ4v) is 6.10. The van der Waals surface area contributed by atoms with E-state index in [-0.39, 0.29) is 5.91 Å². The minimum Gasteiger partial charge on any atom is -0.352 e. The molecular formula is C25H30N4OS. The normalized spacial score (nSPS) is 19.2. The van der Waals surface area contributed by atoms with Crippen LogP contribution in [0.15, 0.2) is 30.3 Å². The third-order valence-corrected chi connectivity index (χ3v) is 7.71. The fourth-order valence-electron chi connectivity index (χ4n) is 4.71. The number of aryl methyl sites for hydroxylation is 1. The van der Waals surface area contributed by atoms with Gasteiger partial charge in [-0.25, -0.2) is 9.97 Å². The fraction of sp³-hybridized carbons (Fsp3) is 0.480. The Morgan fingerprint density at radius 2 is 1.84 bits per heavy atom. The van der Waals surface area contributed by atoms with Crippen LogP contribution in [0.3, 0.4) is 0 Å². The Hall–Kier alpha value is -2.47. The quantitative estimate of drug-likeness (QED) is 0.588. The minimum atomic E-state index is 0.123. The number of thiophene rings is 1. The van der Waals surface area contributed by atoms with E-state index >= 15 is 0 Å². The maximum absolute atomic E-state index is 12.9. The average molecular weight is 435 g/mol. The van der Waals surface area contributed by atoms with Gasteiger partial charge in [0.15, 0.2) is 0 Å². The zero-order chi connectivity index (χ0) is 21.5. The summed E-state index contributed by atoms with van der Waals surface area (Å²) in [7, 11) is 0. The second-order valence-corrected chi connectivity index (χ2v) is 10.3. The Morgan fingerprint density at radius 1 is 1.10 bits per heavy atom. The minimum absolute atomic E-state index is 0.123. The van der Waals surface area contributed by atoms with E-state index in [0.29, 0.717) is 5.92 Å². The van der Waals surface area contributed by atoms with Crippen molar-refractivity contribution in [1.82, 2.24) is 14.9 Å². The molecule has 0 spiro atoms. The SMILES string of the molecule is CC1CCc2c(sc3nc(C(C)C)nc(N4CCN(C(=O)c5ccccc5)CC4)c23)C1. The van der Waals surface area contributed by atoms with E-state index < -0.39 is 0 Å². The Labute approximate surface area is 188 Å². The number of rotatable bonds is 3. The molecule has 3 aromatic rings. The molecule has 1 unspecified atom stereocenters. The smallest absolute Gasteiger partial charge is 0.253 e. The van der Waals surface area contributed by atoms with Gasteiger partial charge in [-0.2, -0.15) is 0 Å². The highest BCUT2D eigenvalue weighted by atomic mass is 32.1. The number of fused-ring (bicyclic) bond motifs is 3. The Balaban J connectivity index is 1.45. The van der Waals surface area contributed by atoms with Crippen molar-refractivity contribution in [3.8, 4) is 0 Å². The van der Waals surface area contributed by atoms with Gasteiger partial charge < -0.3 is 9.80 Å². The summed E-state index contributed by atoms with van der Waals surface area (Å²) in [5, 5.41) is 1.28. The van der Waals surface area contributed by atoms with Crippen LogP contribution in [0.2, 0.25) is 0 Å². The van der Waals surface area contributed by atoms with E-state index in [0.717, 1.165) is 67.0 Å². The molecule has 0 saturated carbocycles. The van der Waals surface area contributed by atoms with Crippen LogP contribution < -0.4 is 4.90 Å². The summed E-state index contributed by atoms with van der Waals surface area (Å²) >= 11 is 1.87. The molecule has 2 aliphatic rings.